The predicted molar refractivity (Wildman–Crippen MR) is 156 cm³/mol. The third-order valence-corrected chi connectivity index (χ3v) is 8.16. The number of nitrogens with zero attached hydrogens (tertiary/aromatic N) is 7. The van der Waals surface area contributed by atoms with Gasteiger partial charge >= 0.3 is 12.2 Å². The SMILES string of the molecule is COCCCOc1nc2c(c(N3CCN([N+](=O)[C@H]4CN4)[C@@H](CC#N)C3)n1)CCN(c1cccc3cccc(C)c13)C2. The fraction of sp³-hybridized carbons (Fsp3) is 0.500. The highest BCUT2D eigenvalue weighted by atomic mass is 16.5. The standard InChI is InChI=1S/C30H37N8O3/c1-21-6-3-7-22-8-4-9-26(28(21)22)35-13-11-24-25(20-35)33-30(41-17-5-16-40-2)34-29(24)36-14-15-37(23(19-36)10-12-31)38(39)27-18-32-27/h3-4,6-9,23,27,32H,5,10-11,13-20H2,1-2H3/q+1/t23-,27-/m0/s1. The Kier molecular flexibility index (Phi) is 7.85. The first-order chi connectivity index (χ1) is 20.1. The second-order valence-corrected chi connectivity index (χ2v) is 10.9. The van der Waals surface area contributed by atoms with Crippen LogP contribution in [0, 0.1) is 23.2 Å². The molecule has 0 unspecified atom stereocenters. The van der Waals surface area contributed by atoms with Crippen molar-refractivity contribution in [2.24, 2.45) is 0 Å². The molecule has 0 spiro atoms. The highest BCUT2D eigenvalue weighted by molar-refractivity contribution is 5.97. The first-order valence-corrected chi connectivity index (χ1v) is 14.4. The number of aryl methyl sites for hydroxylation is 1. The van der Waals surface area contributed by atoms with Crippen LogP contribution < -0.4 is 19.9 Å². The number of methoxy groups -OCH3 is 1. The van der Waals surface area contributed by atoms with Crippen LogP contribution in [0.2, 0.25) is 0 Å². The van der Waals surface area contributed by atoms with Crippen LogP contribution in [0.1, 0.15) is 29.7 Å². The summed E-state index contributed by atoms with van der Waals surface area (Å²) in [6, 6.07) is 15.3. The van der Waals surface area contributed by atoms with Crippen molar-refractivity contribution in [2.75, 3.05) is 62.8 Å². The van der Waals surface area contributed by atoms with Crippen LogP contribution in [-0.2, 0) is 17.7 Å². The molecule has 3 aromatic rings. The molecular formula is C30H37N8O3+. The van der Waals surface area contributed by atoms with Crippen LogP contribution >= 0.6 is 0 Å². The molecule has 2 fully saturated rings. The van der Waals surface area contributed by atoms with Gasteiger partial charge in [0.05, 0.1) is 49.3 Å². The lowest BCUT2D eigenvalue weighted by molar-refractivity contribution is -0.727. The number of aromatic nitrogens is 2. The molecule has 0 bridgehead atoms. The lowest BCUT2D eigenvalue weighted by Gasteiger charge is -2.39. The lowest BCUT2D eigenvalue weighted by Crippen LogP contribution is -2.57. The Morgan fingerprint density at radius 3 is 2.73 bits per heavy atom. The predicted octanol–water partition coefficient (Wildman–Crippen LogP) is 2.94. The van der Waals surface area contributed by atoms with E-state index in [1.54, 1.807) is 12.1 Å². The number of anilines is 2. The minimum atomic E-state index is -0.218. The van der Waals surface area contributed by atoms with E-state index in [1.807, 2.05) is 0 Å². The van der Waals surface area contributed by atoms with Gasteiger partial charge < -0.3 is 19.3 Å². The number of fused-ring (bicyclic) bond motifs is 2. The van der Waals surface area contributed by atoms with Gasteiger partial charge in [-0.15, -0.1) is 5.01 Å². The molecule has 6 rings (SSSR count). The van der Waals surface area contributed by atoms with Gasteiger partial charge in [0.25, 0.3) is 0 Å². The maximum absolute atomic E-state index is 12.8. The summed E-state index contributed by atoms with van der Waals surface area (Å²) in [6.45, 7) is 7.09. The average Bonchev–Trinajstić information content (AvgIpc) is 3.84. The van der Waals surface area contributed by atoms with Crippen LogP contribution in [-0.4, -0.2) is 85.1 Å². The molecule has 3 aliphatic rings. The molecule has 2 atom stereocenters. The molecule has 0 amide bonds. The maximum atomic E-state index is 12.8. The van der Waals surface area contributed by atoms with Gasteiger partial charge in [-0.1, -0.05) is 30.3 Å². The fourth-order valence-corrected chi connectivity index (χ4v) is 6.02. The van der Waals surface area contributed by atoms with Crippen LogP contribution in [0.4, 0.5) is 11.5 Å². The van der Waals surface area contributed by atoms with Gasteiger partial charge in [0, 0.05) is 56.4 Å². The quantitative estimate of drug-likeness (QED) is 0.226. The number of nitroso groups, excluding NO2 is 1. The zero-order chi connectivity index (χ0) is 28.3. The van der Waals surface area contributed by atoms with Gasteiger partial charge in [-0.05, 0) is 30.4 Å². The van der Waals surface area contributed by atoms with Gasteiger partial charge in [-0.25, -0.2) is 5.32 Å². The summed E-state index contributed by atoms with van der Waals surface area (Å²) in [4.78, 5) is 28.3. The molecule has 2 saturated heterocycles. The van der Waals surface area contributed by atoms with E-state index in [2.05, 4.69) is 64.5 Å². The van der Waals surface area contributed by atoms with Gasteiger partial charge in [-0.3, -0.25) is 0 Å². The van der Waals surface area contributed by atoms with E-state index >= 15 is 0 Å². The van der Waals surface area contributed by atoms with E-state index in [9.17, 15) is 10.2 Å². The third kappa shape index (κ3) is 5.62. The molecule has 11 heteroatoms. The normalized spacial score (nSPS) is 20.1. The largest absolute Gasteiger partial charge is 0.463 e. The molecule has 0 radical (unpaired) electrons. The molecule has 11 nitrogen and oxygen atoms in total. The highest BCUT2D eigenvalue weighted by Crippen LogP contribution is 2.36. The van der Waals surface area contributed by atoms with Crippen molar-refractivity contribution >= 4 is 22.3 Å². The molecule has 0 aliphatic carbocycles. The molecule has 2 aromatic carbocycles. The fourth-order valence-electron chi connectivity index (χ4n) is 6.02. The minimum Gasteiger partial charge on any atom is -0.463 e. The zero-order valence-corrected chi connectivity index (χ0v) is 23.8. The zero-order valence-electron chi connectivity index (χ0n) is 23.8. The van der Waals surface area contributed by atoms with Crippen molar-refractivity contribution in [2.45, 2.75) is 44.9 Å². The van der Waals surface area contributed by atoms with Crippen molar-refractivity contribution in [3.05, 3.63) is 58.1 Å². The molecule has 0 saturated carbocycles. The number of ether oxygens (including phenoxy) is 2. The third-order valence-electron chi connectivity index (χ3n) is 8.16. The number of nitriles is 1. The van der Waals surface area contributed by atoms with Crippen molar-refractivity contribution in [3.8, 4) is 12.1 Å². The van der Waals surface area contributed by atoms with Crippen LogP contribution in [0.25, 0.3) is 10.8 Å². The second kappa shape index (κ2) is 11.8. The molecule has 1 aromatic heterocycles. The number of hydrazine groups is 1. The molecular weight excluding hydrogens is 520 g/mol. The number of piperazine rings is 1. The molecule has 41 heavy (non-hydrogen) atoms. The Morgan fingerprint density at radius 1 is 1.12 bits per heavy atom. The van der Waals surface area contributed by atoms with E-state index in [-0.39, 0.29) is 18.6 Å². The summed E-state index contributed by atoms with van der Waals surface area (Å²) in [6.07, 6.45) is 1.61. The second-order valence-electron chi connectivity index (χ2n) is 10.9. The van der Waals surface area contributed by atoms with Crippen molar-refractivity contribution in [1.29, 1.82) is 5.26 Å². The number of nitrogens with one attached hydrogen (secondary N) is 1. The summed E-state index contributed by atoms with van der Waals surface area (Å²) in [5.41, 5.74) is 4.54. The maximum Gasteiger partial charge on any atom is 0.318 e. The highest BCUT2D eigenvalue weighted by Gasteiger charge is 2.46. The van der Waals surface area contributed by atoms with Gasteiger partial charge in [0.15, 0.2) is 0 Å². The van der Waals surface area contributed by atoms with Crippen molar-refractivity contribution in [1.82, 2.24) is 20.3 Å². The van der Waals surface area contributed by atoms with E-state index in [4.69, 9.17) is 19.4 Å². The monoisotopic (exact) mass is 557 g/mol. The smallest absolute Gasteiger partial charge is 0.318 e. The summed E-state index contributed by atoms with van der Waals surface area (Å²) in [5, 5.41) is 16.9. The van der Waals surface area contributed by atoms with Crippen LogP contribution in [0.3, 0.4) is 0 Å². The molecule has 214 valence electrons. The topological polar surface area (TPSA) is 120 Å². The summed E-state index contributed by atoms with van der Waals surface area (Å²) in [7, 11) is 1.68. The Labute approximate surface area is 240 Å². The first kappa shape index (κ1) is 27.2. The number of hydrogen-bond donors (Lipinski definition) is 1. The summed E-state index contributed by atoms with van der Waals surface area (Å²) >= 11 is 0. The van der Waals surface area contributed by atoms with Gasteiger partial charge in [0.1, 0.15) is 16.7 Å². The Balaban J connectivity index is 1.31. The van der Waals surface area contributed by atoms with E-state index in [0.29, 0.717) is 51.9 Å². The Morgan fingerprint density at radius 2 is 1.95 bits per heavy atom. The van der Waals surface area contributed by atoms with Crippen molar-refractivity contribution in [3.63, 3.8) is 0 Å². The molecule has 1 N–H and O–H groups in total. The number of hydrogen-bond acceptors (Lipinski definition) is 9. The molecule has 3 aliphatic heterocycles. The Bertz CT molecular complexity index is 1460. The molecule has 4 heterocycles. The van der Waals surface area contributed by atoms with E-state index in [0.717, 1.165) is 41.3 Å². The summed E-state index contributed by atoms with van der Waals surface area (Å²) in [5.74, 6) is 0.857. The van der Waals surface area contributed by atoms with E-state index in [1.165, 1.54) is 22.0 Å². The van der Waals surface area contributed by atoms with E-state index < -0.39 is 0 Å². The van der Waals surface area contributed by atoms with Crippen LogP contribution in [0.5, 0.6) is 6.01 Å². The Hall–Kier alpha value is -4.01. The van der Waals surface area contributed by atoms with Crippen molar-refractivity contribution < 1.29 is 14.3 Å². The van der Waals surface area contributed by atoms with Gasteiger partial charge in [-0.2, -0.15) is 15.2 Å². The average molecular weight is 558 g/mol. The van der Waals surface area contributed by atoms with Gasteiger partial charge in [0.2, 0.25) is 0 Å². The van der Waals surface area contributed by atoms with Crippen LogP contribution in [0.15, 0.2) is 36.4 Å². The lowest BCUT2D eigenvalue weighted by atomic mass is 9.99. The number of rotatable bonds is 10. The summed E-state index contributed by atoms with van der Waals surface area (Å²) < 4.78 is 11.2. The first-order valence-electron chi connectivity index (χ1n) is 14.4. The minimum absolute atomic E-state index is 0.189. The number of benzene rings is 2.